The number of halogens is 3. The van der Waals surface area contributed by atoms with Crippen LogP contribution in [0, 0.1) is 0 Å². The van der Waals surface area contributed by atoms with Crippen LogP contribution in [0.2, 0.25) is 0 Å². The molecule has 1 aromatic rings. The Hall–Kier alpha value is -1.92. The van der Waals surface area contributed by atoms with Gasteiger partial charge in [0.2, 0.25) is 0 Å². The Labute approximate surface area is 127 Å². The molecule has 1 heterocycles. The Morgan fingerprint density at radius 1 is 1.36 bits per heavy atom. The van der Waals surface area contributed by atoms with Crippen LogP contribution >= 0.6 is 0 Å². The van der Waals surface area contributed by atoms with E-state index in [9.17, 15) is 13.2 Å². The lowest BCUT2D eigenvalue weighted by atomic mass is 10.1. The van der Waals surface area contributed by atoms with Gasteiger partial charge >= 0.3 is 6.18 Å². The van der Waals surface area contributed by atoms with Crippen LogP contribution in [0.4, 0.5) is 13.2 Å². The van der Waals surface area contributed by atoms with Gasteiger partial charge in [0, 0.05) is 19.6 Å². The molecule has 0 saturated carbocycles. The zero-order chi connectivity index (χ0) is 16.2. The first-order valence-corrected chi connectivity index (χ1v) is 7.25. The smallest absolute Gasteiger partial charge is 0.416 e. The summed E-state index contributed by atoms with van der Waals surface area (Å²) < 4.78 is 44.9. The Morgan fingerprint density at radius 3 is 2.73 bits per heavy atom. The fourth-order valence-corrected chi connectivity index (χ4v) is 2.15. The third kappa shape index (κ3) is 4.54. The van der Waals surface area contributed by atoms with Crippen molar-refractivity contribution < 1.29 is 17.9 Å². The summed E-state index contributed by atoms with van der Waals surface area (Å²) in [6, 6.07) is 4.05. The molecule has 0 unspecified atom stereocenters. The van der Waals surface area contributed by atoms with Gasteiger partial charge in [-0.05, 0) is 38.0 Å². The number of aliphatic imine (C=N–C) groups is 1. The molecule has 2 rings (SSSR count). The summed E-state index contributed by atoms with van der Waals surface area (Å²) >= 11 is 0. The monoisotopic (exact) mass is 315 g/mol. The van der Waals surface area contributed by atoms with Gasteiger partial charge in [-0.25, -0.2) is 0 Å². The molecule has 122 valence electrons. The number of guanidine groups is 1. The number of alkyl halides is 3. The van der Waals surface area contributed by atoms with Crippen LogP contribution in [0.5, 0.6) is 5.75 Å². The maximum atomic E-state index is 13.2. The second kappa shape index (κ2) is 6.89. The van der Waals surface area contributed by atoms with Crippen LogP contribution in [0.3, 0.4) is 0 Å². The lowest BCUT2D eigenvalue weighted by Crippen LogP contribution is -2.40. The standard InChI is InChI=1S/C15H20F3N3O/c1-10(2)22-12-5-4-11(13(8-12)15(16,17)18)9-21-14-19-6-3-7-20-14/h4-5,8,10H,3,6-7,9H2,1-2H3,(H2,19,20,21). The first-order valence-electron chi connectivity index (χ1n) is 7.25. The van der Waals surface area contributed by atoms with E-state index in [2.05, 4.69) is 15.6 Å². The Balaban J connectivity index is 2.16. The van der Waals surface area contributed by atoms with Gasteiger partial charge in [-0.15, -0.1) is 0 Å². The summed E-state index contributed by atoms with van der Waals surface area (Å²) in [7, 11) is 0. The maximum Gasteiger partial charge on any atom is 0.416 e. The predicted octanol–water partition coefficient (Wildman–Crippen LogP) is 2.93. The third-order valence-electron chi connectivity index (χ3n) is 3.10. The molecular weight excluding hydrogens is 295 g/mol. The van der Waals surface area contributed by atoms with E-state index in [1.165, 1.54) is 6.07 Å². The zero-order valence-corrected chi connectivity index (χ0v) is 12.6. The van der Waals surface area contributed by atoms with E-state index >= 15 is 0 Å². The number of nitrogens with zero attached hydrogens (tertiary/aromatic N) is 1. The molecule has 0 saturated heterocycles. The summed E-state index contributed by atoms with van der Waals surface area (Å²) in [6.07, 6.45) is -3.67. The highest BCUT2D eigenvalue weighted by atomic mass is 19.4. The lowest BCUT2D eigenvalue weighted by Gasteiger charge is -2.19. The van der Waals surface area contributed by atoms with E-state index in [4.69, 9.17) is 4.74 Å². The van der Waals surface area contributed by atoms with Gasteiger partial charge in [-0.1, -0.05) is 6.07 Å². The molecule has 0 spiro atoms. The Bertz CT molecular complexity index is 541. The van der Waals surface area contributed by atoms with E-state index in [1.807, 2.05) is 0 Å². The Kier molecular flexibility index (Phi) is 5.15. The van der Waals surface area contributed by atoms with Crippen molar-refractivity contribution in [2.24, 2.45) is 4.99 Å². The second-order valence-electron chi connectivity index (χ2n) is 5.35. The minimum Gasteiger partial charge on any atom is -0.491 e. The minimum atomic E-state index is -4.42. The number of hydrogen-bond donors (Lipinski definition) is 2. The molecule has 1 aromatic carbocycles. The minimum absolute atomic E-state index is 0.0582. The average Bonchev–Trinajstić information content (AvgIpc) is 2.45. The molecule has 0 bridgehead atoms. The van der Waals surface area contributed by atoms with Gasteiger partial charge < -0.3 is 15.4 Å². The van der Waals surface area contributed by atoms with Crippen molar-refractivity contribution in [3.8, 4) is 5.75 Å². The highest BCUT2D eigenvalue weighted by molar-refractivity contribution is 5.80. The van der Waals surface area contributed by atoms with E-state index < -0.39 is 11.7 Å². The van der Waals surface area contributed by atoms with Crippen LogP contribution in [-0.2, 0) is 12.7 Å². The van der Waals surface area contributed by atoms with E-state index in [0.29, 0.717) is 12.5 Å². The first kappa shape index (κ1) is 16.5. The van der Waals surface area contributed by atoms with Crippen molar-refractivity contribution in [1.29, 1.82) is 0 Å². The second-order valence-corrected chi connectivity index (χ2v) is 5.35. The van der Waals surface area contributed by atoms with Crippen molar-refractivity contribution in [1.82, 2.24) is 10.6 Å². The van der Waals surface area contributed by atoms with Gasteiger partial charge in [0.1, 0.15) is 5.75 Å². The number of ether oxygens (including phenoxy) is 1. The molecule has 2 N–H and O–H groups in total. The highest BCUT2D eigenvalue weighted by Crippen LogP contribution is 2.34. The summed E-state index contributed by atoms with van der Waals surface area (Å²) in [5.41, 5.74) is -0.520. The van der Waals surface area contributed by atoms with Gasteiger partial charge in [-0.3, -0.25) is 4.99 Å². The fraction of sp³-hybridized carbons (Fsp3) is 0.533. The molecule has 4 nitrogen and oxygen atoms in total. The fourth-order valence-electron chi connectivity index (χ4n) is 2.15. The van der Waals surface area contributed by atoms with E-state index in [0.717, 1.165) is 19.0 Å². The van der Waals surface area contributed by atoms with Crippen LogP contribution in [0.15, 0.2) is 23.2 Å². The summed E-state index contributed by atoms with van der Waals surface area (Å²) in [5.74, 6) is 0.765. The molecule has 0 aliphatic carbocycles. The SMILES string of the molecule is CC(C)Oc1ccc(CNC2=NCCCN2)c(C(F)(F)F)c1. The van der Waals surface area contributed by atoms with E-state index in [1.54, 1.807) is 19.9 Å². The summed E-state index contributed by atoms with van der Waals surface area (Å²) in [5, 5.41) is 5.93. The van der Waals surface area contributed by atoms with Crippen molar-refractivity contribution in [3.05, 3.63) is 29.3 Å². The van der Waals surface area contributed by atoms with Crippen LogP contribution in [0.1, 0.15) is 31.4 Å². The van der Waals surface area contributed by atoms with Crippen molar-refractivity contribution in [2.75, 3.05) is 13.1 Å². The third-order valence-corrected chi connectivity index (χ3v) is 3.10. The quantitative estimate of drug-likeness (QED) is 0.898. The average molecular weight is 315 g/mol. The molecule has 0 radical (unpaired) electrons. The topological polar surface area (TPSA) is 45.6 Å². The molecule has 0 fully saturated rings. The predicted molar refractivity (Wildman–Crippen MR) is 79.0 cm³/mol. The number of benzene rings is 1. The lowest BCUT2D eigenvalue weighted by molar-refractivity contribution is -0.138. The first-order chi connectivity index (χ1) is 10.4. The molecule has 22 heavy (non-hydrogen) atoms. The molecule has 1 aliphatic heterocycles. The summed E-state index contributed by atoms with van der Waals surface area (Å²) in [4.78, 5) is 4.18. The van der Waals surface area contributed by atoms with Gasteiger partial charge in [0.15, 0.2) is 5.96 Å². The van der Waals surface area contributed by atoms with Gasteiger partial charge in [-0.2, -0.15) is 13.2 Å². The van der Waals surface area contributed by atoms with Crippen LogP contribution in [-0.4, -0.2) is 25.2 Å². The Morgan fingerprint density at radius 2 is 2.14 bits per heavy atom. The number of hydrogen-bond acceptors (Lipinski definition) is 4. The van der Waals surface area contributed by atoms with Crippen LogP contribution < -0.4 is 15.4 Å². The number of nitrogens with one attached hydrogen (secondary N) is 2. The zero-order valence-electron chi connectivity index (χ0n) is 12.6. The van der Waals surface area contributed by atoms with Crippen molar-refractivity contribution in [2.45, 2.75) is 39.1 Å². The molecule has 7 heteroatoms. The molecule has 0 amide bonds. The number of rotatable bonds is 4. The van der Waals surface area contributed by atoms with E-state index in [-0.39, 0.29) is 24.0 Å². The van der Waals surface area contributed by atoms with Gasteiger partial charge in [0.25, 0.3) is 0 Å². The molecule has 1 aliphatic rings. The van der Waals surface area contributed by atoms with Crippen molar-refractivity contribution in [3.63, 3.8) is 0 Å². The van der Waals surface area contributed by atoms with Crippen molar-refractivity contribution >= 4 is 5.96 Å². The molecule has 0 aromatic heterocycles. The normalized spacial score (nSPS) is 15.3. The largest absolute Gasteiger partial charge is 0.491 e. The van der Waals surface area contributed by atoms with Crippen LogP contribution in [0.25, 0.3) is 0 Å². The summed E-state index contributed by atoms with van der Waals surface area (Å²) in [6.45, 7) is 5.07. The van der Waals surface area contributed by atoms with Gasteiger partial charge in [0.05, 0.1) is 11.7 Å². The maximum absolute atomic E-state index is 13.2. The highest BCUT2D eigenvalue weighted by Gasteiger charge is 2.33. The molecular formula is C15H20F3N3O. The molecule has 0 atom stereocenters.